The second kappa shape index (κ2) is 5.92. The predicted octanol–water partition coefficient (Wildman–Crippen LogP) is 3.31. The SMILES string of the molecule is N#Cc1cnc2ccccc2c1NCC(O)c1ccsc1. The monoisotopic (exact) mass is 295 g/mol. The lowest BCUT2D eigenvalue weighted by Gasteiger charge is -2.14. The summed E-state index contributed by atoms with van der Waals surface area (Å²) in [5.74, 6) is 0. The van der Waals surface area contributed by atoms with Gasteiger partial charge >= 0.3 is 0 Å². The van der Waals surface area contributed by atoms with E-state index in [1.54, 1.807) is 17.5 Å². The highest BCUT2D eigenvalue weighted by Gasteiger charge is 2.12. The van der Waals surface area contributed by atoms with Crippen LogP contribution in [-0.4, -0.2) is 16.6 Å². The molecule has 1 unspecified atom stereocenters. The van der Waals surface area contributed by atoms with Crippen LogP contribution in [0.3, 0.4) is 0 Å². The van der Waals surface area contributed by atoms with Crippen molar-refractivity contribution in [2.75, 3.05) is 11.9 Å². The van der Waals surface area contributed by atoms with E-state index in [1.165, 1.54) is 0 Å². The lowest BCUT2D eigenvalue weighted by molar-refractivity contribution is 0.192. The first-order valence-electron chi connectivity index (χ1n) is 6.51. The molecule has 1 aromatic carbocycles. The fourth-order valence-electron chi connectivity index (χ4n) is 2.20. The summed E-state index contributed by atoms with van der Waals surface area (Å²) in [5.41, 5.74) is 2.90. The number of aliphatic hydroxyl groups is 1. The number of nitriles is 1. The van der Waals surface area contributed by atoms with Crippen LogP contribution in [-0.2, 0) is 0 Å². The summed E-state index contributed by atoms with van der Waals surface area (Å²) in [6, 6.07) is 11.7. The first-order valence-corrected chi connectivity index (χ1v) is 7.46. The van der Waals surface area contributed by atoms with E-state index in [9.17, 15) is 10.4 Å². The number of hydrogen-bond donors (Lipinski definition) is 2. The minimum atomic E-state index is -0.602. The van der Waals surface area contributed by atoms with Gasteiger partial charge in [0.25, 0.3) is 0 Å². The highest BCUT2D eigenvalue weighted by Crippen LogP contribution is 2.26. The van der Waals surface area contributed by atoms with Crippen LogP contribution >= 0.6 is 11.3 Å². The minimum absolute atomic E-state index is 0.347. The molecule has 2 heterocycles. The van der Waals surface area contributed by atoms with Crippen molar-refractivity contribution in [2.45, 2.75) is 6.10 Å². The number of rotatable bonds is 4. The molecule has 0 amide bonds. The van der Waals surface area contributed by atoms with E-state index in [-0.39, 0.29) is 0 Å². The van der Waals surface area contributed by atoms with Crippen molar-refractivity contribution in [1.29, 1.82) is 5.26 Å². The van der Waals surface area contributed by atoms with Gasteiger partial charge in [0, 0.05) is 18.1 Å². The molecule has 0 bridgehead atoms. The van der Waals surface area contributed by atoms with Crippen molar-refractivity contribution in [1.82, 2.24) is 4.98 Å². The van der Waals surface area contributed by atoms with Gasteiger partial charge in [0.05, 0.1) is 22.9 Å². The van der Waals surface area contributed by atoms with Gasteiger partial charge in [-0.1, -0.05) is 18.2 Å². The second-order valence-electron chi connectivity index (χ2n) is 4.63. The maximum absolute atomic E-state index is 10.2. The molecule has 21 heavy (non-hydrogen) atoms. The zero-order valence-electron chi connectivity index (χ0n) is 11.2. The smallest absolute Gasteiger partial charge is 0.103 e. The van der Waals surface area contributed by atoms with Gasteiger partial charge in [-0.2, -0.15) is 16.6 Å². The molecule has 3 rings (SSSR count). The Morgan fingerprint density at radius 3 is 2.95 bits per heavy atom. The number of anilines is 1. The van der Waals surface area contributed by atoms with E-state index in [2.05, 4.69) is 16.4 Å². The van der Waals surface area contributed by atoms with Gasteiger partial charge in [0.15, 0.2) is 0 Å². The second-order valence-corrected chi connectivity index (χ2v) is 5.41. The number of benzene rings is 1. The van der Waals surface area contributed by atoms with Gasteiger partial charge < -0.3 is 10.4 Å². The lowest BCUT2D eigenvalue weighted by atomic mass is 10.1. The van der Waals surface area contributed by atoms with Gasteiger partial charge in [-0.3, -0.25) is 4.98 Å². The summed E-state index contributed by atoms with van der Waals surface area (Å²) in [6.07, 6.45) is 0.955. The van der Waals surface area contributed by atoms with E-state index in [4.69, 9.17) is 0 Å². The summed E-state index contributed by atoms with van der Waals surface area (Å²) < 4.78 is 0. The van der Waals surface area contributed by atoms with Crippen LogP contribution < -0.4 is 5.32 Å². The molecule has 0 radical (unpaired) electrons. The molecule has 0 spiro atoms. The molecule has 0 aliphatic heterocycles. The first kappa shape index (κ1) is 13.6. The van der Waals surface area contributed by atoms with Crippen molar-refractivity contribution >= 4 is 27.9 Å². The largest absolute Gasteiger partial charge is 0.387 e. The molecule has 2 N–H and O–H groups in total. The summed E-state index contributed by atoms with van der Waals surface area (Å²) in [7, 11) is 0. The number of aromatic nitrogens is 1. The zero-order valence-corrected chi connectivity index (χ0v) is 12.0. The number of thiophene rings is 1. The third kappa shape index (κ3) is 2.72. The topological polar surface area (TPSA) is 68.9 Å². The number of nitrogens with one attached hydrogen (secondary N) is 1. The summed E-state index contributed by atoms with van der Waals surface area (Å²) in [4.78, 5) is 4.27. The standard InChI is InChI=1S/C16H13N3OS/c17-7-12-8-18-14-4-2-1-3-13(14)16(12)19-9-15(20)11-5-6-21-10-11/h1-6,8,10,15,20H,9H2,(H,18,19). The molecule has 104 valence electrons. The molecule has 0 aliphatic rings. The quantitative estimate of drug-likeness (QED) is 0.774. The van der Waals surface area contributed by atoms with Gasteiger partial charge in [-0.15, -0.1) is 0 Å². The van der Waals surface area contributed by atoms with Gasteiger partial charge in [-0.05, 0) is 28.5 Å². The molecule has 0 saturated heterocycles. The van der Waals surface area contributed by atoms with E-state index < -0.39 is 6.10 Å². The average Bonchev–Trinajstić information content (AvgIpc) is 3.06. The number of para-hydroxylation sites is 1. The molecule has 2 aromatic heterocycles. The normalized spacial score (nSPS) is 12.0. The number of pyridine rings is 1. The summed E-state index contributed by atoms with van der Waals surface area (Å²) >= 11 is 1.55. The summed E-state index contributed by atoms with van der Waals surface area (Å²) in [5, 5.41) is 27.3. The third-order valence-electron chi connectivity index (χ3n) is 3.30. The number of aliphatic hydroxyl groups excluding tert-OH is 1. The Morgan fingerprint density at radius 2 is 2.19 bits per heavy atom. The van der Waals surface area contributed by atoms with Crippen LogP contribution in [0, 0.1) is 11.3 Å². The molecule has 3 aromatic rings. The first-order chi connectivity index (χ1) is 10.3. The predicted molar refractivity (Wildman–Crippen MR) is 84.2 cm³/mol. The van der Waals surface area contributed by atoms with E-state index in [0.717, 1.165) is 22.2 Å². The van der Waals surface area contributed by atoms with Gasteiger partial charge in [-0.25, -0.2) is 0 Å². The van der Waals surface area contributed by atoms with Crippen LogP contribution in [0.1, 0.15) is 17.2 Å². The minimum Gasteiger partial charge on any atom is -0.387 e. The molecule has 0 fully saturated rings. The van der Waals surface area contributed by atoms with Crippen LogP contribution in [0.4, 0.5) is 5.69 Å². The highest BCUT2D eigenvalue weighted by atomic mass is 32.1. The highest BCUT2D eigenvalue weighted by molar-refractivity contribution is 7.07. The van der Waals surface area contributed by atoms with E-state index in [1.807, 2.05) is 41.1 Å². The Kier molecular flexibility index (Phi) is 3.82. The third-order valence-corrected chi connectivity index (χ3v) is 4.00. The molecule has 5 heteroatoms. The van der Waals surface area contributed by atoms with Crippen molar-refractivity contribution in [3.63, 3.8) is 0 Å². The fraction of sp³-hybridized carbons (Fsp3) is 0.125. The lowest BCUT2D eigenvalue weighted by Crippen LogP contribution is -2.12. The van der Waals surface area contributed by atoms with Crippen molar-refractivity contribution < 1.29 is 5.11 Å². The number of fused-ring (bicyclic) bond motifs is 1. The van der Waals surface area contributed by atoms with Crippen molar-refractivity contribution in [2.24, 2.45) is 0 Å². The Hall–Kier alpha value is -2.42. The summed E-state index contributed by atoms with van der Waals surface area (Å²) in [6.45, 7) is 0.347. The zero-order chi connectivity index (χ0) is 14.7. The molecule has 4 nitrogen and oxygen atoms in total. The molecular formula is C16H13N3OS. The van der Waals surface area contributed by atoms with Gasteiger partial charge in [0.1, 0.15) is 6.07 Å². The van der Waals surface area contributed by atoms with Gasteiger partial charge in [0.2, 0.25) is 0 Å². The van der Waals surface area contributed by atoms with Crippen LogP contribution in [0.5, 0.6) is 0 Å². The molecular weight excluding hydrogens is 282 g/mol. The van der Waals surface area contributed by atoms with Crippen molar-refractivity contribution in [3.05, 3.63) is 58.4 Å². The Balaban J connectivity index is 1.91. The van der Waals surface area contributed by atoms with Crippen molar-refractivity contribution in [3.8, 4) is 6.07 Å². The van der Waals surface area contributed by atoms with Crippen LogP contribution in [0.15, 0.2) is 47.3 Å². The number of nitrogens with zero attached hydrogens (tertiary/aromatic N) is 2. The molecule has 0 saturated carbocycles. The Morgan fingerprint density at radius 1 is 1.33 bits per heavy atom. The van der Waals surface area contributed by atoms with E-state index >= 15 is 0 Å². The van der Waals surface area contributed by atoms with E-state index in [0.29, 0.717) is 12.1 Å². The van der Waals surface area contributed by atoms with Crippen LogP contribution in [0.2, 0.25) is 0 Å². The Bertz CT molecular complexity index is 793. The average molecular weight is 295 g/mol. The maximum Gasteiger partial charge on any atom is 0.103 e. The maximum atomic E-state index is 10.2. The molecule has 0 aliphatic carbocycles. The Labute approximate surface area is 126 Å². The van der Waals surface area contributed by atoms with Crippen LogP contribution in [0.25, 0.3) is 10.9 Å². The fourth-order valence-corrected chi connectivity index (χ4v) is 2.90. The number of hydrogen-bond acceptors (Lipinski definition) is 5. The molecule has 1 atom stereocenters.